The molecule has 0 saturated carbocycles. The zero-order valence-corrected chi connectivity index (χ0v) is 10.1. The molecule has 2 rings (SSSR count). The Morgan fingerprint density at radius 3 is 2.82 bits per heavy atom. The summed E-state index contributed by atoms with van der Waals surface area (Å²) in [4.78, 5) is 0. The summed E-state index contributed by atoms with van der Waals surface area (Å²) in [6.45, 7) is 2.15. The molecule has 0 aliphatic carbocycles. The van der Waals surface area contributed by atoms with Crippen molar-refractivity contribution in [2.75, 3.05) is 0 Å². The fourth-order valence-corrected chi connectivity index (χ4v) is 3.17. The molecule has 4 heteroatoms. The molecule has 0 atom stereocenters. The average molecular weight is 297 g/mol. The third-order valence-electron chi connectivity index (χ3n) is 1.68. The third kappa shape index (κ3) is 1.43. The summed E-state index contributed by atoms with van der Waals surface area (Å²) < 4.78 is 3.66. The zero-order chi connectivity index (χ0) is 7.14. The minimum absolute atomic E-state index is 0. The molecule has 0 bridgehead atoms. The molecule has 11 heavy (non-hydrogen) atoms. The lowest BCUT2D eigenvalue weighted by Gasteiger charge is -1.78. The summed E-state index contributed by atoms with van der Waals surface area (Å²) in [7, 11) is 2.11. The number of hydrogen-bond donors (Lipinski definition) is 0. The van der Waals surface area contributed by atoms with Crippen molar-refractivity contribution in [1.82, 2.24) is 0 Å². The molecule has 0 radical (unpaired) electrons. The van der Waals surface area contributed by atoms with Crippen LogP contribution in [0.4, 0.5) is 0 Å². The average Bonchev–Trinajstić information content (AvgIpc) is 2.41. The Bertz CT molecular complexity index is 363. The van der Waals surface area contributed by atoms with Crippen molar-refractivity contribution >= 4 is 32.2 Å². The Morgan fingerprint density at radius 1 is 1.45 bits per heavy atom. The van der Waals surface area contributed by atoms with E-state index in [0.717, 1.165) is 0 Å². The van der Waals surface area contributed by atoms with Gasteiger partial charge in [-0.05, 0) is 5.38 Å². The van der Waals surface area contributed by atoms with Crippen molar-refractivity contribution in [3.05, 3.63) is 16.5 Å². The van der Waals surface area contributed by atoms with Gasteiger partial charge in [-0.3, -0.25) is 0 Å². The topological polar surface area (TPSA) is 3.88 Å². The predicted molar refractivity (Wildman–Crippen MR) is 45.6 cm³/mol. The van der Waals surface area contributed by atoms with Crippen LogP contribution in [-0.2, 0) is 7.05 Å². The van der Waals surface area contributed by atoms with E-state index in [4.69, 9.17) is 0 Å². The van der Waals surface area contributed by atoms with Gasteiger partial charge in [-0.2, -0.15) is 4.57 Å². The summed E-state index contributed by atoms with van der Waals surface area (Å²) in [5.41, 5.74) is 1.37. The Labute approximate surface area is 90.7 Å². The molecule has 2 aromatic heterocycles. The van der Waals surface area contributed by atoms with Crippen LogP contribution in [-0.4, -0.2) is 0 Å². The standard InChI is InChI=1S/C7H8NS2.HI/c1-5-8(2)6-3-4-9-7(6)10-5;/h3-4H,1-2H3;1H/q+1;/p-1. The van der Waals surface area contributed by atoms with Crippen molar-refractivity contribution in [2.45, 2.75) is 6.92 Å². The van der Waals surface area contributed by atoms with Crippen molar-refractivity contribution in [3.8, 4) is 0 Å². The highest BCUT2D eigenvalue weighted by Crippen LogP contribution is 2.24. The molecule has 0 aromatic carbocycles. The van der Waals surface area contributed by atoms with Crippen LogP contribution < -0.4 is 28.5 Å². The van der Waals surface area contributed by atoms with Crippen molar-refractivity contribution in [2.24, 2.45) is 7.05 Å². The number of thiophene rings is 1. The highest BCUT2D eigenvalue weighted by Gasteiger charge is 2.12. The van der Waals surface area contributed by atoms with E-state index in [-0.39, 0.29) is 24.0 Å². The van der Waals surface area contributed by atoms with E-state index in [1.807, 2.05) is 22.7 Å². The quantitative estimate of drug-likeness (QED) is 0.438. The first-order valence-electron chi connectivity index (χ1n) is 3.11. The molecule has 60 valence electrons. The number of rotatable bonds is 0. The molecule has 0 amide bonds. The molecule has 2 heterocycles. The van der Waals surface area contributed by atoms with Gasteiger partial charge in [-0.1, -0.05) is 11.3 Å². The van der Waals surface area contributed by atoms with Crippen LogP contribution in [0.2, 0.25) is 0 Å². The van der Waals surface area contributed by atoms with Gasteiger partial charge in [0.25, 0.3) is 0 Å². The molecular formula is C7H8INS2. The Balaban J connectivity index is 0.000000605. The Hall–Kier alpha value is 0.320. The lowest BCUT2D eigenvalue weighted by molar-refractivity contribution is -0.646. The highest BCUT2D eigenvalue weighted by molar-refractivity contribution is 7.36. The maximum Gasteiger partial charge on any atom is 0.235 e. The van der Waals surface area contributed by atoms with Crippen LogP contribution in [0, 0.1) is 6.92 Å². The highest BCUT2D eigenvalue weighted by atomic mass is 127. The van der Waals surface area contributed by atoms with Gasteiger partial charge in [0.2, 0.25) is 10.5 Å². The lowest BCUT2D eigenvalue weighted by Crippen LogP contribution is -3.00. The number of halogens is 1. The van der Waals surface area contributed by atoms with Crippen LogP contribution in [0.15, 0.2) is 11.4 Å². The van der Waals surface area contributed by atoms with E-state index in [1.165, 1.54) is 14.5 Å². The maximum absolute atomic E-state index is 2.23. The summed E-state index contributed by atoms with van der Waals surface area (Å²) in [5, 5.41) is 3.52. The lowest BCUT2D eigenvalue weighted by atomic mass is 10.5. The molecule has 1 nitrogen and oxygen atoms in total. The van der Waals surface area contributed by atoms with Crippen LogP contribution in [0.3, 0.4) is 0 Å². The van der Waals surface area contributed by atoms with E-state index in [2.05, 4.69) is 30.0 Å². The first kappa shape index (κ1) is 9.41. The molecule has 0 aliphatic rings. The minimum atomic E-state index is 0. The second-order valence-electron chi connectivity index (χ2n) is 2.27. The predicted octanol–water partition coefficient (Wildman–Crippen LogP) is -0.900. The van der Waals surface area contributed by atoms with Crippen molar-refractivity contribution in [1.29, 1.82) is 0 Å². The number of thiazole rings is 1. The number of aryl methyl sites for hydroxylation is 2. The van der Waals surface area contributed by atoms with Gasteiger partial charge in [0.15, 0.2) is 4.01 Å². The zero-order valence-electron chi connectivity index (χ0n) is 6.30. The largest absolute Gasteiger partial charge is 1.00 e. The molecule has 0 fully saturated rings. The van der Waals surface area contributed by atoms with Gasteiger partial charge in [-0.15, -0.1) is 11.3 Å². The van der Waals surface area contributed by atoms with Gasteiger partial charge in [0.1, 0.15) is 7.05 Å². The molecule has 0 N–H and O–H groups in total. The molecule has 0 aliphatic heterocycles. The summed E-state index contributed by atoms with van der Waals surface area (Å²) in [6.07, 6.45) is 0. The normalized spacial score (nSPS) is 10.0. The Morgan fingerprint density at radius 2 is 2.18 bits per heavy atom. The molecule has 0 unspecified atom stereocenters. The maximum atomic E-state index is 2.23. The fraction of sp³-hybridized carbons (Fsp3) is 0.286. The van der Waals surface area contributed by atoms with Gasteiger partial charge >= 0.3 is 0 Å². The summed E-state index contributed by atoms with van der Waals surface area (Å²) in [6, 6.07) is 2.17. The van der Waals surface area contributed by atoms with Crippen LogP contribution >= 0.6 is 22.7 Å². The number of fused-ring (bicyclic) bond motifs is 1. The first-order chi connectivity index (χ1) is 4.79. The second-order valence-corrected chi connectivity index (χ2v) is 4.65. The fourth-order valence-electron chi connectivity index (χ4n) is 0.986. The van der Waals surface area contributed by atoms with E-state index in [0.29, 0.717) is 0 Å². The molecule has 0 saturated heterocycles. The Kier molecular flexibility index (Phi) is 2.88. The van der Waals surface area contributed by atoms with E-state index < -0.39 is 0 Å². The summed E-state index contributed by atoms with van der Waals surface area (Å²) in [5.74, 6) is 0. The number of aromatic nitrogens is 1. The summed E-state index contributed by atoms with van der Waals surface area (Å²) >= 11 is 3.69. The van der Waals surface area contributed by atoms with Gasteiger partial charge in [0, 0.05) is 13.0 Å². The smallest absolute Gasteiger partial charge is 0.235 e. The van der Waals surface area contributed by atoms with Crippen LogP contribution in [0.5, 0.6) is 0 Å². The SMILES string of the molecule is Cc1sc2sccc2[n+]1C.[I-]. The molecule has 2 aromatic rings. The van der Waals surface area contributed by atoms with Gasteiger partial charge in [-0.25, -0.2) is 0 Å². The van der Waals surface area contributed by atoms with Crippen molar-refractivity contribution < 1.29 is 28.5 Å². The van der Waals surface area contributed by atoms with E-state index in [1.54, 1.807) is 0 Å². The van der Waals surface area contributed by atoms with Crippen LogP contribution in [0.1, 0.15) is 5.01 Å². The number of nitrogens with zero attached hydrogens (tertiary/aromatic N) is 1. The van der Waals surface area contributed by atoms with Gasteiger partial charge in [0.05, 0.1) is 0 Å². The van der Waals surface area contributed by atoms with Gasteiger partial charge < -0.3 is 24.0 Å². The monoisotopic (exact) mass is 297 g/mol. The van der Waals surface area contributed by atoms with Crippen LogP contribution in [0.25, 0.3) is 9.53 Å². The third-order valence-corrected chi connectivity index (χ3v) is 3.88. The minimum Gasteiger partial charge on any atom is -1.00 e. The molecule has 0 spiro atoms. The molecular weight excluding hydrogens is 289 g/mol. The first-order valence-corrected chi connectivity index (χ1v) is 4.81. The van der Waals surface area contributed by atoms with Crippen molar-refractivity contribution in [3.63, 3.8) is 0 Å². The van der Waals surface area contributed by atoms with E-state index >= 15 is 0 Å². The number of hydrogen-bond acceptors (Lipinski definition) is 2. The van der Waals surface area contributed by atoms with E-state index in [9.17, 15) is 0 Å². The second kappa shape index (κ2) is 3.37.